The molecule has 0 unspecified atom stereocenters. The molecule has 1 aromatic carbocycles. The van der Waals surface area contributed by atoms with E-state index in [1.165, 1.54) is 0 Å². The van der Waals surface area contributed by atoms with Crippen LogP contribution in [-0.2, 0) is 6.42 Å². The number of ketones is 1. The van der Waals surface area contributed by atoms with E-state index in [0.29, 0.717) is 36.4 Å². The van der Waals surface area contributed by atoms with Crippen LogP contribution in [0.1, 0.15) is 28.4 Å². The van der Waals surface area contributed by atoms with Gasteiger partial charge >= 0.3 is 0 Å². The molecule has 0 amide bonds. The highest BCUT2D eigenvalue weighted by molar-refractivity contribution is 6.09. The molecule has 0 aliphatic heterocycles. The number of carbonyl (C=O) groups excluding carboxylic acids is 1. The van der Waals surface area contributed by atoms with Gasteiger partial charge in [-0.15, -0.1) is 0 Å². The van der Waals surface area contributed by atoms with E-state index in [4.69, 9.17) is 10.5 Å². The summed E-state index contributed by atoms with van der Waals surface area (Å²) in [5.74, 6) is 0.553. The van der Waals surface area contributed by atoms with Crippen LogP contribution in [-0.4, -0.2) is 23.9 Å². The first-order chi connectivity index (χ1) is 9.76. The van der Waals surface area contributed by atoms with Crippen LogP contribution in [0, 0.1) is 0 Å². The van der Waals surface area contributed by atoms with E-state index in [2.05, 4.69) is 4.98 Å². The monoisotopic (exact) mass is 270 g/mol. The van der Waals surface area contributed by atoms with Gasteiger partial charge in [0.15, 0.2) is 5.78 Å². The van der Waals surface area contributed by atoms with Crippen molar-refractivity contribution in [1.82, 2.24) is 4.98 Å². The normalized spacial score (nSPS) is 10.3. The van der Waals surface area contributed by atoms with Gasteiger partial charge in [0.2, 0.25) is 0 Å². The average molecular weight is 270 g/mol. The van der Waals surface area contributed by atoms with E-state index in [0.717, 1.165) is 5.56 Å². The van der Waals surface area contributed by atoms with Gasteiger partial charge in [0, 0.05) is 17.3 Å². The molecule has 0 fully saturated rings. The van der Waals surface area contributed by atoms with E-state index in [-0.39, 0.29) is 5.78 Å². The lowest BCUT2D eigenvalue weighted by Crippen LogP contribution is -2.10. The van der Waals surface area contributed by atoms with Crippen molar-refractivity contribution in [3.63, 3.8) is 0 Å². The second-order valence-corrected chi connectivity index (χ2v) is 4.37. The first-order valence-corrected chi connectivity index (χ1v) is 6.66. The molecule has 0 radical (unpaired) electrons. The predicted octanol–water partition coefficient (Wildman–Crippen LogP) is 2.21. The van der Waals surface area contributed by atoms with Crippen LogP contribution < -0.4 is 10.5 Å². The zero-order valence-corrected chi connectivity index (χ0v) is 11.5. The number of nitrogens with zero attached hydrogens (tertiary/aromatic N) is 1. The fourth-order valence-electron chi connectivity index (χ4n) is 2.06. The third kappa shape index (κ3) is 3.22. The molecule has 1 aromatic heterocycles. The van der Waals surface area contributed by atoms with Crippen LogP contribution in [0.2, 0.25) is 0 Å². The summed E-state index contributed by atoms with van der Waals surface area (Å²) < 4.78 is 5.38. The van der Waals surface area contributed by atoms with Gasteiger partial charge in [0.25, 0.3) is 0 Å². The van der Waals surface area contributed by atoms with E-state index >= 15 is 0 Å². The van der Waals surface area contributed by atoms with Gasteiger partial charge in [-0.25, -0.2) is 0 Å². The van der Waals surface area contributed by atoms with Crippen molar-refractivity contribution >= 4 is 5.78 Å². The van der Waals surface area contributed by atoms with E-state index in [9.17, 15) is 4.79 Å². The van der Waals surface area contributed by atoms with Crippen molar-refractivity contribution < 1.29 is 9.53 Å². The minimum atomic E-state index is -0.0527. The van der Waals surface area contributed by atoms with Gasteiger partial charge in [0.05, 0.1) is 12.8 Å². The van der Waals surface area contributed by atoms with Gasteiger partial charge in [-0.05, 0) is 31.5 Å². The first-order valence-electron chi connectivity index (χ1n) is 6.66. The summed E-state index contributed by atoms with van der Waals surface area (Å²) in [6.07, 6.45) is 3.84. The third-order valence-electron chi connectivity index (χ3n) is 2.96. The number of hydrogen-bond donors (Lipinski definition) is 1. The fraction of sp³-hybridized carbons (Fsp3) is 0.250. The first kappa shape index (κ1) is 14.2. The average Bonchev–Trinajstić information content (AvgIpc) is 2.48. The zero-order chi connectivity index (χ0) is 14.4. The van der Waals surface area contributed by atoms with E-state index < -0.39 is 0 Å². The Morgan fingerprint density at radius 1 is 1.30 bits per heavy atom. The number of benzene rings is 1. The molecule has 4 heteroatoms. The summed E-state index contributed by atoms with van der Waals surface area (Å²) in [5.41, 5.74) is 7.75. The highest BCUT2D eigenvalue weighted by Gasteiger charge is 2.14. The van der Waals surface area contributed by atoms with Crippen LogP contribution in [0.15, 0.2) is 42.7 Å². The zero-order valence-electron chi connectivity index (χ0n) is 11.5. The standard InChI is InChI=1S/C16H18N2O2/c1-2-20-14-9-13(10-18-11-14)16(19)15-6-4-3-5-12(15)7-8-17/h3-6,9-11H,2,7-8,17H2,1H3. The minimum Gasteiger partial charge on any atom is -0.492 e. The summed E-state index contributed by atoms with van der Waals surface area (Å²) in [7, 11) is 0. The Kier molecular flexibility index (Phi) is 4.85. The van der Waals surface area contributed by atoms with Crippen LogP contribution in [0.4, 0.5) is 0 Å². The Balaban J connectivity index is 2.33. The Morgan fingerprint density at radius 3 is 2.85 bits per heavy atom. The van der Waals surface area contributed by atoms with E-state index in [1.807, 2.05) is 31.2 Å². The van der Waals surface area contributed by atoms with Gasteiger partial charge in [-0.3, -0.25) is 9.78 Å². The second kappa shape index (κ2) is 6.82. The Morgan fingerprint density at radius 2 is 2.10 bits per heavy atom. The number of rotatable bonds is 6. The largest absolute Gasteiger partial charge is 0.492 e. The molecule has 0 saturated heterocycles. The van der Waals surface area contributed by atoms with Crippen LogP contribution in [0.3, 0.4) is 0 Å². The summed E-state index contributed by atoms with van der Waals surface area (Å²) in [6.45, 7) is 2.95. The number of aromatic nitrogens is 1. The predicted molar refractivity (Wildman–Crippen MR) is 78.0 cm³/mol. The summed E-state index contributed by atoms with van der Waals surface area (Å²) in [5, 5.41) is 0. The summed E-state index contributed by atoms with van der Waals surface area (Å²) in [6, 6.07) is 9.24. The molecule has 0 spiro atoms. The molecule has 0 atom stereocenters. The van der Waals surface area contributed by atoms with E-state index in [1.54, 1.807) is 18.5 Å². The summed E-state index contributed by atoms with van der Waals surface area (Å²) >= 11 is 0. The number of ether oxygens (including phenoxy) is 1. The van der Waals surface area contributed by atoms with Gasteiger partial charge in [-0.2, -0.15) is 0 Å². The molecule has 0 saturated carbocycles. The lowest BCUT2D eigenvalue weighted by molar-refractivity contribution is 0.103. The number of carbonyl (C=O) groups is 1. The fourth-order valence-corrected chi connectivity index (χ4v) is 2.06. The molecule has 2 N–H and O–H groups in total. The van der Waals surface area contributed by atoms with Crippen molar-refractivity contribution in [2.75, 3.05) is 13.2 Å². The maximum absolute atomic E-state index is 12.6. The maximum atomic E-state index is 12.6. The molecular formula is C16H18N2O2. The molecule has 0 aliphatic carbocycles. The molecule has 104 valence electrons. The molecule has 4 nitrogen and oxygen atoms in total. The summed E-state index contributed by atoms with van der Waals surface area (Å²) in [4.78, 5) is 16.6. The van der Waals surface area contributed by atoms with Crippen molar-refractivity contribution in [2.24, 2.45) is 5.73 Å². The van der Waals surface area contributed by atoms with Crippen LogP contribution in [0.5, 0.6) is 5.75 Å². The molecule has 0 bridgehead atoms. The molecule has 0 aliphatic rings. The lowest BCUT2D eigenvalue weighted by atomic mass is 9.97. The smallest absolute Gasteiger partial charge is 0.194 e. The minimum absolute atomic E-state index is 0.0527. The Labute approximate surface area is 118 Å². The molecule has 1 heterocycles. The number of hydrogen-bond acceptors (Lipinski definition) is 4. The third-order valence-corrected chi connectivity index (χ3v) is 2.96. The topological polar surface area (TPSA) is 65.2 Å². The molecule has 2 rings (SSSR count). The van der Waals surface area contributed by atoms with Crippen molar-refractivity contribution in [3.8, 4) is 5.75 Å². The van der Waals surface area contributed by atoms with Crippen LogP contribution in [0.25, 0.3) is 0 Å². The van der Waals surface area contributed by atoms with Crippen LogP contribution >= 0.6 is 0 Å². The maximum Gasteiger partial charge on any atom is 0.194 e. The molecular weight excluding hydrogens is 252 g/mol. The van der Waals surface area contributed by atoms with Gasteiger partial charge in [0.1, 0.15) is 5.75 Å². The SMILES string of the molecule is CCOc1cncc(C(=O)c2ccccc2CCN)c1. The lowest BCUT2D eigenvalue weighted by Gasteiger charge is -2.08. The van der Waals surface area contributed by atoms with Gasteiger partial charge < -0.3 is 10.5 Å². The number of pyridine rings is 1. The van der Waals surface area contributed by atoms with Crippen molar-refractivity contribution in [3.05, 3.63) is 59.4 Å². The molecule has 2 aromatic rings. The Hall–Kier alpha value is -2.20. The molecule has 20 heavy (non-hydrogen) atoms. The highest BCUT2D eigenvalue weighted by Crippen LogP contribution is 2.18. The number of nitrogens with two attached hydrogens (primary N) is 1. The van der Waals surface area contributed by atoms with Crippen molar-refractivity contribution in [1.29, 1.82) is 0 Å². The van der Waals surface area contributed by atoms with Gasteiger partial charge in [-0.1, -0.05) is 24.3 Å². The quantitative estimate of drug-likeness (QED) is 0.817. The van der Waals surface area contributed by atoms with Crippen molar-refractivity contribution in [2.45, 2.75) is 13.3 Å². The second-order valence-electron chi connectivity index (χ2n) is 4.37. The Bertz CT molecular complexity index is 597. The highest BCUT2D eigenvalue weighted by atomic mass is 16.5.